The van der Waals surface area contributed by atoms with E-state index in [2.05, 4.69) is 4.57 Å². The van der Waals surface area contributed by atoms with E-state index in [0.717, 1.165) is 23.7 Å². The van der Waals surface area contributed by atoms with Crippen LogP contribution in [0.1, 0.15) is 35.7 Å². The molecule has 2 atom stereocenters. The summed E-state index contributed by atoms with van der Waals surface area (Å²) < 4.78 is 12.5. The third-order valence-electron chi connectivity index (χ3n) is 4.34. The van der Waals surface area contributed by atoms with Crippen LogP contribution in [0, 0.1) is 0 Å². The zero-order valence-corrected chi connectivity index (χ0v) is 12.8. The number of carbonyl (C=O) groups is 2. The Hall–Kier alpha value is -2.70. The van der Waals surface area contributed by atoms with E-state index in [1.165, 1.54) is 7.11 Å². The van der Waals surface area contributed by atoms with Crippen LogP contribution in [0.25, 0.3) is 10.9 Å². The van der Waals surface area contributed by atoms with Gasteiger partial charge >= 0.3 is 6.09 Å². The number of carbonyl (C=O) groups excluding carboxylic acids is 2. The highest BCUT2D eigenvalue weighted by molar-refractivity contribution is 6.00. The standard InChI is InChI=1S/C16H19N3O4/c1-22-14-8-13-9(6-12(14)15(17)20)4-5-19(13)10-2-3-11(7-10)23-16(18)21/h4-6,8,10-11H,2-3,7H2,1H3,(H2,17,20)(H2,18,21)/t10-,11-/m0/s1. The number of aromatic nitrogens is 1. The van der Waals surface area contributed by atoms with E-state index in [1.54, 1.807) is 6.07 Å². The average molecular weight is 317 g/mol. The number of hydrogen-bond donors (Lipinski definition) is 2. The molecule has 1 heterocycles. The molecule has 4 N–H and O–H groups in total. The summed E-state index contributed by atoms with van der Waals surface area (Å²) in [6.07, 6.45) is 3.46. The fourth-order valence-corrected chi connectivity index (χ4v) is 3.31. The van der Waals surface area contributed by atoms with Gasteiger partial charge in [-0.1, -0.05) is 0 Å². The molecule has 0 radical (unpaired) electrons. The molecule has 1 aliphatic rings. The molecule has 2 aromatic rings. The van der Waals surface area contributed by atoms with E-state index in [0.29, 0.717) is 17.7 Å². The molecule has 2 amide bonds. The first-order valence-electron chi connectivity index (χ1n) is 7.44. The highest BCUT2D eigenvalue weighted by Crippen LogP contribution is 2.36. The van der Waals surface area contributed by atoms with Crippen molar-refractivity contribution in [3.05, 3.63) is 30.0 Å². The number of fused-ring (bicyclic) bond motifs is 1. The quantitative estimate of drug-likeness (QED) is 0.897. The number of hydrogen-bond acceptors (Lipinski definition) is 4. The molecule has 3 rings (SSSR count). The van der Waals surface area contributed by atoms with Gasteiger partial charge in [-0.15, -0.1) is 0 Å². The minimum absolute atomic E-state index is 0.151. The van der Waals surface area contributed by atoms with E-state index in [-0.39, 0.29) is 12.1 Å². The molecule has 1 aromatic heterocycles. The van der Waals surface area contributed by atoms with E-state index < -0.39 is 12.0 Å². The van der Waals surface area contributed by atoms with Gasteiger partial charge in [0, 0.05) is 30.1 Å². The monoisotopic (exact) mass is 317 g/mol. The summed E-state index contributed by atoms with van der Waals surface area (Å²) in [5.74, 6) is -0.0693. The van der Waals surface area contributed by atoms with Crippen molar-refractivity contribution in [2.45, 2.75) is 31.4 Å². The third kappa shape index (κ3) is 2.81. The number of primary amides is 2. The molecule has 0 bridgehead atoms. The van der Waals surface area contributed by atoms with Crippen molar-refractivity contribution in [2.75, 3.05) is 7.11 Å². The summed E-state index contributed by atoms with van der Waals surface area (Å²) in [6.45, 7) is 0. The Morgan fingerprint density at radius 2 is 2.04 bits per heavy atom. The number of rotatable bonds is 4. The maximum Gasteiger partial charge on any atom is 0.404 e. The summed E-state index contributed by atoms with van der Waals surface area (Å²) in [6, 6.07) is 5.70. The molecule has 1 fully saturated rings. The minimum atomic E-state index is -0.735. The largest absolute Gasteiger partial charge is 0.496 e. The van der Waals surface area contributed by atoms with Crippen molar-refractivity contribution >= 4 is 22.9 Å². The maximum absolute atomic E-state index is 11.5. The van der Waals surface area contributed by atoms with Crippen LogP contribution in [-0.4, -0.2) is 29.8 Å². The Labute approximate surface area is 133 Å². The van der Waals surface area contributed by atoms with Crippen LogP contribution in [0.3, 0.4) is 0 Å². The van der Waals surface area contributed by atoms with Gasteiger partial charge in [-0.05, 0) is 25.0 Å². The molecule has 7 nitrogen and oxygen atoms in total. The van der Waals surface area contributed by atoms with E-state index in [1.807, 2.05) is 18.3 Å². The van der Waals surface area contributed by atoms with Gasteiger partial charge in [-0.25, -0.2) is 4.79 Å². The van der Waals surface area contributed by atoms with E-state index >= 15 is 0 Å². The Morgan fingerprint density at radius 3 is 2.70 bits per heavy atom. The van der Waals surface area contributed by atoms with Crippen LogP contribution in [0.2, 0.25) is 0 Å². The summed E-state index contributed by atoms with van der Waals surface area (Å²) in [5, 5.41) is 0.916. The molecular weight excluding hydrogens is 298 g/mol. The van der Waals surface area contributed by atoms with Gasteiger partial charge < -0.3 is 25.5 Å². The number of ether oxygens (including phenoxy) is 2. The predicted molar refractivity (Wildman–Crippen MR) is 84.4 cm³/mol. The van der Waals surface area contributed by atoms with Crippen molar-refractivity contribution in [1.29, 1.82) is 0 Å². The Bertz CT molecular complexity index is 768. The van der Waals surface area contributed by atoms with Gasteiger partial charge in [0.15, 0.2) is 0 Å². The number of nitrogens with two attached hydrogens (primary N) is 2. The highest BCUT2D eigenvalue weighted by atomic mass is 16.6. The van der Waals surface area contributed by atoms with Crippen molar-refractivity contribution < 1.29 is 19.1 Å². The fourth-order valence-electron chi connectivity index (χ4n) is 3.31. The lowest BCUT2D eigenvalue weighted by molar-refractivity contribution is 0.0996. The first kappa shape index (κ1) is 15.2. The molecule has 1 saturated carbocycles. The molecule has 1 aromatic carbocycles. The minimum Gasteiger partial charge on any atom is -0.496 e. The molecule has 0 unspecified atom stereocenters. The van der Waals surface area contributed by atoms with Crippen molar-refractivity contribution in [2.24, 2.45) is 11.5 Å². The predicted octanol–water partition coefficient (Wildman–Crippen LogP) is 1.94. The molecule has 122 valence electrons. The maximum atomic E-state index is 11.5. The molecular formula is C16H19N3O4. The summed E-state index contributed by atoms with van der Waals surface area (Å²) >= 11 is 0. The smallest absolute Gasteiger partial charge is 0.404 e. The van der Waals surface area contributed by atoms with Crippen molar-refractivity contribution in [3.63, 3.8) is 0 Å². The Balaban J connectivity index is 1.94. The fraction of sp³-hybridized carbons (Fsp3) is 0.375. The van der Waals surface area contributed by atoms with Crippen LogP contribution < -0.4 is 16.2 Å². The lowest BCUT2D eigenvalue weighted by Crippen LogP contribution is -2.20. The summed E-state index contributed by atoms with van der Waals surface area (Å²) in [7, 11) is 1.51. The number of methoxy groups -OCH3 is 1. The summed E-state index contributed by atoms with van der Waals surface area (Å²) in [4.78, 5) is 22.4. The van der Waals surface area contributed by atoms with Gasteiger partial charge in [0.1, 0.15) is 11.9 Å². The second-order valence-corrected chi connectivity index (χ2v) is 5.72. The normalized spacial score (nSPS) is 20.6. The Morgan fingerprint density at radius 1 is 1.26 bits per heavy atom. The van der Waals surface area contributed by atoms with Crippen molar-refractivity contribution in [3.8, 4) is 5.75 Å². The lowest BCUT2D eigenvalue weighted by atomic mass is 10.1. The third-order valence-corrected chi connectivity index (χ3v) is 4.34. The molecule has 7 heteroatoms. The van der Waals surface area contributed by atoms with Crippen LogP contribution in [0.4, 0.5) is 4.79 Å². The van der Waals surface area contributed by atoms with Gasteiger partial charge in [-0.2, -0.15) is 0 Å². The number of nitrogens with zero attached hydrogens (tertiary/aromatic N) is 1. The lowest BCUT2D eigenvalue weighted by Gasteiger charge is -2.15. The SMILES string of the molecule is COc1cc2c(ccn2[C@H]2CC[C@H](OC(N)=O)C2)cc1C(N)=O. The van der Waals surface area contributed by atoms with Crippen LogP contribution >= 0.6 is 0 Å². The van der Waals surface area contributed by atoms with Crippen LogP contribution in [0.5, 0.6) is 5.75 Å². The van der Waals surface area contributed by atoms with Gasteiger partial charge in [0.05, 0.1) is 18.2 Å². The topological polar surface area (TPSA) is 110 Å². The molecule has 1 aliphatic carbocycles. The first-order chi connectivity index (χ1) is 11.0. The average Bonchev–Trinajstić information content (AvgIpc) is 3.10. The van der Waals surface area contributed by atoms with Crippen LogP contribution in [-0.2, 0) is 4.74 Å². The molecule has 23 heavy (non-hydrogen) atoms. The molecule has 0 spiro atoms. The Kier molecular flexibility index (Phi) is 3.85. The number of amides is 2. The summed E-state index contributed by atoms with van der Waals surface area (Å²) in [5.41, 5.74) is 11.8. The second kappa shape index (κ2) is 5.83. The van der Waals surface area contributed by atoms with Crippen molar-refractivity contribution in [1.82, 2.24) is 4.57 Å². The van der Waals surface area contributed by atoms with Gasteiger partial charge in [-0.3, -0.25) is 4.79 Å². The van der Waals surface area contributed by atoms with E-state index in [4.69, 9.17) is 20.9 Å². The van der Waals surface area contributed by atoms with Gasteiger partial charge in [0.2, 0.25) is 0 Å². The van der Waals surface area contributed by atoms with Gasteiger partial charge in [0.25, 0.3) is 5.91 Å². The van der Waals surface area contributed by atoms with E-state index in [9.17, 15) is 9.59 Å². The first-order valence-corrected chi connectivity index (χ1v) is 7.44. The zero-order chi connectivity index (χ0) is 16.6. The molecule has 0 saturated heterocycles. The van der Waals surface area contributed by atoms with Crippen LogP contribution in [0.15, 0.2) is 24.4 Å². The second-order valence-electron chi connectivity index (χ2n) is 5.72. The highest BCUT2D eigenvalue weighted by Gasteiger charge is 2.29. The number of benzene rings is 1. The molecule has 0 aliphatic heterocycles. The zero-order valence-electron chi connectivity index (χ0n) is 12.8.